The van der Waals surface area contributed by atoms with Crippen LogP contribution in [0.15, 0.2) is 36.5 Å². The van der Waals surface area contributed by atoms with Crippen LogP contribution in [0.2, 0.25) is 0 Å². The van der Waals surface area contributed by atoms with Gasteiger partial charge in [-0.25, -0.2) is 9.37 Å². The maximum absolute atomic E-state index is 14.2. The molecular weight excluding hydrogens is 251 g/mol. The molecule has 0 atom stereocenters. The zero-order valence-corrected chi connectivity index (χ0v) is 11.1. The molecule has 0 unspecified atom stereocenters. The lowest BCUT2D eigenvalue weighted by molar-refractivity contribution is 0.610. The Balaban J connectivity index is 2.47. The number of nitrogens with zero attached hydrogens (tertiary/aromatic N) is 2. The van der Waals surface area contributed by atoms with E-state index in [9.17, 15) is 4.39 Å². The van der Waals surface area contributed by atoms with E-state index in [4.69, 9.17) is 11.6 Å². The highest BCUT2D eigenvalue weighted by atomic mass is 35.5. The summed E-state index contributed by atoms with van der Waals surface area (Å²) >= 11 is 5.70. The van der Waals surface area contributed by atoms with Crippen LogP contribution in [0.4, 0.5) is 15.9 Å². The van der Waals surface area contributed by atoms with Crippen LogP contribution in [-0.2, 0) is 5.88 Å². The van der Waals surface area contributed by atoms with E-state index in [0.717, 1.165) is 11.3 Å². The second-order valence-corrected chi connectivity index (χ2v) is 4.35. The maximum atomic E-state index is 14.2. The van der Waals surface area contributed by atoms with Gasteiger partial charge in [-0.1, -0.05) is 18.2 Å². The van der Waals surface area contributed by atoms with Crippen molar-refractivity contribution in [3.05, 3.63) is 53.5 Å². The Morgan fingerprint density at radius 2 is 2.00 bits per heavy atom. The molecule has 0 amide bonds. The second-order valence-electron chi connectivity index (χ2n) is 4.09. The number of alkyl halides is 1. The van der Waals surface area contributed by atoms with Gasteiger partial charge in [0.05, 0.1) is 5.88 Å². The zero-order chi connectivity index (χ0) is 13.1. The van der Waals surface area contributed by atoms with Crippen LogP contribution in [0.25, 0.3) is 0 Å². The molecule has 0 bridgehead atoms. The van der Waals surface area contributed by atoms with Gasteiger partial charge in [0.25, 0.3) is 0 Å². The molecule has 1 heterocycles. The third kappa shape index (κ3) is 2.31. The van der Waals surface area contributed by atoms with Crippen molar-refractivity contribution < 1.29 is 4.39 Å². The van der Waals surface area contributed by atoms with Crippen molar-refractivity contribution in [2.24, 2.45) is 0 Å². The maximum Gasteiger partial charge on any atom is 0.170 e. The molecule has 18 heavy (non-hydrogen) atoms. The first-order valence-electron chi connectivity index (χ1n) is 5.64. The number of para-hydroxylation sites is 1. The number of anilines is 2. The molecule has 0 fully saturated rings. The van der Waals surface area contributed by atoms with Crippen molar-refractivity contribution in [2.45, 2.75) is 12.8 Å². The van der Waals surface area contributed by atoms with Crippen molar-refractivity contribution in [3.63, 3.8) is 0 Å². The molecule has 0 radical (unpaired) electrons. The summed E-state index contributed by atoms with van der Waals surface area (Å²) in [5, 5.41) is 0. The van der Waals surface area contributed by atoms with Crippen LogP contribution in [0, 0.1) is 12.7 Å². The number of halogens is 2. The molecule has 4 heteroatoms. The van der Waals surface area contributed by atoms with E-state index in [-0.39, 0.29) is 11.7 Å². The van der Waals surface area contributed by atoms with Crippen LogP contribution in [0.3, 0.4) is 0 Å². The topological polar surface area (TPSA) is 16.1 Å². The molecule has 0 spiro atoms. The van der Waals surface area contributed by atoms with Gasteiger partial charge in [-0.2, -0.15) is 0 Å². The van der Waals surface area contributed by atoms with Crippen LogP contribution >= 0.6 is 11.6 Å². The van der Waals surface area contributed by atoms with Crippen molar-refractivity contribution in [1.29, 1.82) is 0 Å². The molecule has 0 saturated heterocycles. The van der Waals surface area contributed by atoms with Gasteiger partial charge in [0.2, 0.25) is 0 Å². The first-order valence-corrected chi connectivity index (χ1v) is 6.17. The summed E-state index contributed by atoms with van der Waals surface area (Å²) < 4.78 is 14.2. The van der Waals surface area contributed by atoms with Gasteiger partial charge in [-0.3, -0.25) is 0 Å². The van der Waals surface area contributed by atoms with E-state index in [1.807, 2.05) is 31.2 Å². The van der Waals surface area contributed by atoms with Crippen molar-refractivity contribution >= 4 is 23.1 Å². The van der Waals surface area contributed by atoms with Gasteiger partial charge in [0, 0.05) is 24.5 Å². The van der Waals surface area contributed by atoms with Crippen LogP contribution < -0.4 is 4.90 Å². The fraction of sp³-hybridized carbons (Fsp3) is 0.214. The van der Waals surface area contributed by atoms with Gasteiger partial charge in [0.15, 0.2) is 11.6 Å². The molecule has 2 rings (SSSR count). The minimum Gasteiger partial charge on any atom is -0.327 e. The van der Waals surface area contributed by atoms with Gasteiger partial charge in [0.1, 0.15) is 0 Å². The average molecular weight is 265 g/mol. The zero-order valence-electron chi connectivity index (χ0n) is 10.3. The quantitative estimate of drug-likeness (QED) is 0.778. The summed E-state index contributed by atoms with van der Waals surface area (Å²) in [5.41, 5.74) is 2.45. The summed E-state index contributed by atoms with van der Waals surface area (Å²) in [6, 6.07) is 9.38. The third-order valence-electron chi connectivity index (χ3n) is 2.89. The normalized spacial score (nSPS) is 10.4. The lowest BCUT2D eigenvalue weighted by atomic mass is 10.2. The van der Waals surface area contributed by atoms with E-state index in [0.29, 0.717) is 11.4 Å². The minimum atomic E-state index is -0.363. The van der Waals surface area contributed by atoms with Crippen molar-refractivity contribution in [1.82, 2.24) is 4.98 Å². The van der Waals surface area contributed by atoms with Gasteiger partial charge in [-0.05, 0) is 24.6 Å². The highest BCUT2D eigenvalue weighted by Gasteiger charge is 2.15. The second kappa shape index (κ2) is 5.36. The molecule has 2 nitrogen and oxygen atoms in total. The SMILES string of the molecule is Cc1ccccc1N(C)c1nccc(CCl)c1F. The van der Waals surface area contributed by atoms with Crippen LogP contribution in [-0.4, -0.2) is 12.0 Å². The molecular formula is C14H14ClFN2. The van der Waals surface area contributed by atoms with E-state index in [1.165, 1.54) is 0 Å². The highest BCUT2D eigenvalue weighted by molar-refractivity contribution is 6.17. The predicted molar refractivity (Wildman–Crippen MR) is 73.0 cm³/mol. The molecule has 0 aliphatic carbocycles. The molecule has 0 N–H and O–H groups in total. The number of rotatable bonds is 3. The Labute approximate surface area is 111 Å². The first-order chi connectivity index (χ1) is 8.65. The number of hydrogen-bond acceptors (Lipinski definition) is 2. The van der Waals surface area contributed by atoms with E-state index in [2.05, 4.69) is 4.98 Å². The Bertz CT molecular complexity index is 557. The third-order valence-corrected chi connectivity index (χ3v) is 3.18. The predicted octanol–water partition coefficient (Wildman–Crippen LogP) is 4.04. The Morgan fingerprint density at radius 1 is 1.28 bits per heavy atom. The number of pyridine rings is 1. The molecule has 94 valence electrons. The lowest BCUT2D eigenvalue weighted by Gasteiger charge is -2.21. The fourth-order valence-electron chi connectivity index (χ4n) is 1.86. The number of aromatic nitrogens is 1. The van der Waals surface area contributed by atoms with Crippen molar-refractivity contribution in [3.8, 4) is 0 Å². The van der Waals surface area contributed by atoms with Gasteiger partial charge in [-0.15, -0.1) is 11.6 Å². The summed E-state index contributed by atoms with van der Waals surface area (Å²) in [6.45, 7) is 1.98. The summed E-state index contributed by atoms with van der Waals surface area (Å²) in [7, 11) is 1.80. The van der Waals surface area contributed by atoms with Gasteiger partial charge >= 0.3 is 0 Å². The number of aryl methyl sites for hydroxylation is 1. The number of hydrogen-bond donors (Lipinski definition) is 0. The molecule has 2 aromatic rings. The van der Waals surface area contributed by atoms with Crippen LogP contribution in [0.1, 0.15) is 11.1 Å². The molecule has 0 aliphatic rings. The number of benzene rings is 1. The fourth-order valence-corrected chi connectivity index (χ4v) is 2.07. The largest absolute Gasteiger partial charge is 0.327 e. The van der Waals surface area contributed by atoms with E-state index >= 15 is 0 Å². The Morgan fingerprint density at radius 3 is 2.67 bits per heavy atom. The monoisotopic (exact) mass is 264 g/mol. The van der Waals surface area contributed by atoms with E-state index < -0.39 is 0 Å². The minimum absolute atomic E-state index is 0.142. The summed E-state index contributed by atoms with van der Waals surface area (Å²) in [5.74, 6) is 0.0730. The average Bonchev–Trinajstić information content (AvgIpc) is 2.39. The lowest BCUT2D eigenvalue weighted by Crippen LogP contribution is -2.15. The molecule has 1 aromatic carbocycles. The smallest absolute Gasteiger partial charge is 0.170 e. The first kappa shape index (κ1) is 12.8. The molecule has 1 aromatic heterocycles. The van der Waals surface area contributed by atoms with Crippen molar-refractivity contribution in [2.75, 3.05) is 11.9 Å². The van der Waals surface area contributed by atoms with Gasteiger partial charge < -0.3 is 4.90 Å². The standard InChI is InChI=1S/C14H14ClFN2/c1-10-5-3-4-6-12(10)18(2)14-13(16)11(9-15)7-8-17-14/h3-8H,9H2,1-2H3. The molecule has 0 aliphatic heterocycles. The Kier molecular flexibility index (Phi) is 3.82. The summed E-state index contributed by atoms with van der Waals surface area (Å²) in [4.78, 5) is 5.83. The summed E-state index contributed by atoms with van der Waals surface area (Å²) in [6.07, 6.45) is 1.57. The Hall–Kier alpha value is -1.61. The highest BCUT2D eigenvalue weighted by Crippen LogP contribution is 2.28. The molecule has 0 saturated carbocycles. The van der Waals surface area contributed by atoms with Crippen LogP contribution in [0.5, 0.6) is 0 Å². The van der Waals surface area contributed by atoms with E-state index in [1.54, 1.807) is 24.2 Å².